The molecule has 3 aromatic carbocycles. The van der Waals surface area contributed by atoms with Gasteiger partial charge in [0.25, 0.3) is 17.1 Å². The molecule has 2 N–H and O–H groups in total. The van der Waals surface area contributed by atoms with Crippen molar-refractivity contribution in [2.45, 2.75) is 13.8 Å². The van der Waals surface area contributed by atoms with E-state index in [0.29, 0.717) is 22.7 Å². The summed E-state index contributed by atoms with van der Waals surface area (Å²) in [6.07, 6.45) is 1.49. The fraction of sp³-hybridized carbons (Fsp3) is 0.172. The van der Waals surface area contributed by atoms with Crippen molar-refractivity contribution in [3.8, 4) is 11.5 Å². The van der Waals surface area contributed by atoms with Gasteiger partial charge in [-0.1, -0.05) is 36.4 Å². The first-order valence-electron chi connectivity index (χ1n) is 12.0. The van der Waals surface area contributed by atoms with Gasteiger partial charge in [-0.05, 0) is 73.1 Å². The standard InChI is InChI=1S/C29H27N3O6S/c1-18-12-13-22(14-19(18)2)31-25(33)16-32-28(35)24(39-29(32)36)15-20-8-7-11-23(37-3)27(20)38-17-26(34)30-21-9-5-4-6-10-21/h4-15H,16-17H2,1-3H3,(H,30,34)(H,31,33). The number of anilines is 2. The van der Waals surface area contributed by atoms with Gasteiger partial charge in [0.2, 0.25) is 5.91 Å². The van der Waals surface area contributed by atoms with E-state index in [4.69, 9.17) is 9.47 Å². The number of nitrogens with one attached hydrogen (secondary N) is 2. The van der Waals surface area contributed by atoms with Crippen molar-refractivity contribution in [3.05, 3.63) is 88.3 Å². The monoisotopic (exact) mass is 545 g/mol. The summed E-state index contributed by atoms with van der Waals surface area (Å²) in [5.41, 5.74) is 3.74. The van der Waals surface area contributed by atoms with Gasteiger partial charge in [0.15, 0.2) is 18.1 Å². The molecule has 1 heterocycles. The number of ether oxygens (including phenoxy) is 2. The molecule has 0 spiro atoms. The van der Waals surface area contributed by atoms with Crippen LogP contribution in [0.4, 0.5) is 16.2 Å². The summed E-state index contributed by atoms with van der Waals surface area (Å²) in [7, 11) is 1.46. The lowest BCUT2D eigenvalue weighted by molar-refractivity contribution is -0.127. The number of aryl methyl sites for hydroxylation is 2. The maximum absolute atomic E-state index is 13.0. The van der Waals surface area contributed by atoms with Crippen LogP contribution in [0.1, 0.15) is 16.7 Å². The summed E-state index contributed by atoms with van der Waals surface area (Å²) in [6, 6.07) is 19.4. The quantitative estimate of drug-likeness (QED) is 0.364. The van der Waals surface area contributed by atoms with Crippen LogP contribution in [0.3, 0.4) is 0 Å². The van der Waals surface area contributed by atoms with Crippen molar-refractivity contribution >= 4 is 52.2 Å². The molecule has 1 aliphatic heterocycles. The summed E-state index contributed by atoms with van der Waals surface area (Å²) in [5.74, 6) is -0.883. The van der Waals surface area contributed by atoms with E-state index in [1.807, 2.05) is 32.0 Å². The number of nitrogens with zero attached hydrogens (tertiary/aromatic N) is 1. The van der Waals surface area contributed by atoms with Crippen LogP contribution in [0, 0.1) is 13.8 Å². The number of rotatable bonds is 9. The average Bonchev–Trinajstić information content (AvgIpc) is 3.17. The lowest BCUT2D eigenvalue weighted by Crippen LogP contribution is -2.36. The Hall–Kier alpha value is -4.57. The average molecular weight is 546 g/mol. The maximum Gasteiger partial charge on any atom is 0.294 e. The molecule has 1 fully saturated rings. The number of thioether (sulfide) groups is 1. The number of carbonyl (C=O) groups excluding carboxylic acids is 4. The van der Waals surface area contributed by atoms with Gasteiger partial charge in [-0.2, -0.15) is 0 Å². The van der Waals surface area contributed by atoms with Crippen LogP contribution in [0.25, 0.3) is 6.08 Å². The number of hydrogen-bond acceptors (Lipinski definition) is 7. The number of hydrogen-bond donors (Lipinski definition) is 2. The number of para-hydroxylation sites is 2. The Balaban J connectivity index is 1.46. The van der Waals surface area contributed by atoms with E-state index in [1.165, 1.54) is 13.2 Å². The van der Waals surface area contributed by atoms with Crippen LogP contribution >= 0.6 is 11.8 Å². The van der Waals surface area contributed by atoms with Crippen molar-refractivity contribution < 1.29 is 28.7 Å². The first-order valence-corrected chi connectivity index (χ1v) is 12.8. The summed E-state index contributed by atoms with van der Waals surface area (Å²) in [6.45, 7) is 3.16. The zero-order valence-electron chi connectivity index (χ0n) is 21.6. The lowest BCUT2D eigenvalue weighted by atomic mass is 10.1. The van der Waals surface area contributed by atoms with Gasteiger partial charge in [0.1, 0.15) is 6.54 Å². The van der Waals surface area contributed by atoms with Gasteiger partial charge < -0.3 is 20.1 Å². The zero-order chi connectivity index (χ0) is 27.9. The molecular formula is C29H27N3O6S. The molecule has 9 nitrogen and oxygen atoms in total. The van der Waals surface area contributed by atoms with Crippen LogP contribution in [-0.2, 0) is 14.4 Å². The topological polar surface area (TPSA) is 114 Å². The second-order valence-corrected chi connectivity index (χ2v) is 9.69. The van der Waals surface area contributed by atoms with E-state index >= 15 is 0 Å². The maximum atomic E-state index is 13.0. The van der Waals surface area contributed by atoms with Gasteiger partial charge in [0.05, 0.1) is 12.0 Å². The predicted octanol–water partition coefficient (Wildman–Crippen LogP) is 5.00. The van der Waals surface area contributed by atoms with Gasteiger partial charge in [-0.25, -0.2) is 0 Å². The van der Waals surface area contributed by atoms with Crippen molar-refractivity contribution in [2.24, 2.45) is 0 Å². The highest BCUT2D eigenvalue weighted by Crippen LogP contribution is 2.37. The Kier molecular flexibility index (Phi) is 8.67. The molecular weight excluding hydrogens is 518 g/mol. The summed E-state index contributed by atoms with van der Waals surface area (Å²) in [5, 5.41) is 4.90. The molecule has 4 amide bonds. The number of methoxy groups -OCH3 is 1. The van der Waals surface area contributed by atoms with E-state index in [2.05, 4.69) is 10.6 Å². The number of benzene rings is 3. The fourth-order valence-corrected chi connectivity index (χ4v) is 4.59. The molecule has 0 aliphatic carbocycles. The normalized spacial score (nSPS) is 13.9. The van der Waals surface area contributed by atoms with E-state index in [0.717, 1.165) is 27.8 Å². The molecule has 4 rings (SSSR count). The van der Waals surface area contributed by atoms with Crippen LogP contribution in [0.15, 0.2) is 71.6 Å². The van der Waals surface area contributed by atoms with E-state index < -0.39 is 23.6 Å². The van der Waals surface area contributed by atoms with Crippen LogP contribution in [0.5, 0.6) is 11.5 Å². The molecule has 3 aromatic rings. The smallest absolute Gasteiger partial charge is 0.294 e. The molecule has 0 radical (unpaired) electrons. The molecule has 39 heavy (non-hydrogen) atoms. The summed E-state index contributed by atoms with van der Waals surface area (Å²) < 4.78 is 11.2. The van der Waals surface area contributed by atoms with E-state index in [-0.39, 0.29) is 23.2 Å². The van der Waals surface area contributed by atoms with Crippen LogP contribution in [-0.4, -0.2) is 48.1 Å². The van der Waals surface area contributed by atoms with Crippen molar-refractivity contribution in [1.82, 2.24) is 4.90 Å². The predicted molar refractivity (Wildman–Crippen MR) is 151 cm³/mol. The highest BCUT2D eigenvalue weighted by molar-refractivity contribution is 8.18. The van der Waals surface area contributed by atoms with Crippen molar-refractivity contribution in [2.75, 3.05) is 30.9 Å². The van der Waals surface area contributed by atoms with E-state index in [1.54, 1.807) is 48.5 Å². The number of imide groups is 1. The molecule has 1 aliphatic rings. The molecule has 200 valence electrons. The SMILES string of the molecule is COc1cccc(C=C2SC(=O)N(CC(=O)Nc3ccc(C)c(C)c3)C2=O)c1OCC(=O)Nc1ccccc1. The molecule has 0 unspecified atom stereocenters. The molecule has 0 saturated carbocycles. The van der Waals surface area contributed by atoms with Gasteiger partial charge in [-0.15, -0.1) is 0 Å². The molecule has 0 aromatic heterocycles. The minimum atomic E-state index is -0.601. The first-order chi connectivity index (χ1) is 18.7. The van der Waals surface area contributed by atoms with Crippen LogP contribution < -0.4 is 20.1 Å². The third-order valence-corrected chi connectivity index (χ3v) is 6.79. The minimum absolute atomic E-state index is 0.117. The second-order valence-electron chi connectivity index (χ2n) is 8.70. The number of carbonyl (C=O) groups is 4. The first kappa shape index (κ1) is 27.5. The fourth-order valence-electron chi connectivity index (χ4n) is 3.76. The summed E-state index contributed by atoms with van der Waals surface area (Å²) >= 11 is 0.721. The van der Waals surface area contributed by atoms with Crippen molar-refractivity contribution in [1.29, 1.82) is 0 Å². The zero-order valence-corrected chi connectivity index (χ0v) is 22.5. The molecule has 0 bridgehead atoms. The highest BCUT2D eigenvalue weighted by atomic mass is 32.2. The lowest BCUT2D eigenvalue weighted by Gasteiger charge is -2.14. The Morgan fingerprint density at radius 2 is 1.64 bits per heavy atom. The molecule has 1 saturated heterocycles. The third kappa shape index (κ3) is 6.85. The van der Waals surface area contributed by atoms with Gasteiger partial charge >= 0.3 is 0 Å². The highest BCUT2D eigenvalue weighted by Gasteiger charge is 2.36. The summed E-state index contributed by atoms with van der Waals surface area (Å²) in [4.78, 5) is 51.6. The molecule has 10 heteroatoms. The second kappa shape index (κ2) is 12.3. The number of amides is 4. The van der Waals surface area contributed by atoms with Gasteiger partial charge in [-0.3, -0.25) is 24.1 Å². The Labute approximate surface area is 230 Å². The van der Waals surface area contributed by atoms with Gasteiger partial charge in [0, 0.05) is 16.9 Å². The van der Waals surface area contributed by atoms with Crippen LogP contribution in [0.2, 0.25) is 0 Å². The Morgan fingerprint density at radius 3 is 2.36 bits per heavy atom. The Bertz CT molecular complexity index is 1450. The minimum Gasteiger partial charge on any atom is -0.493 e. The molecule has 0 atom stereocenters. The van der Waals surface area contributed by atoms with E-state index in [9.17, 15) is 19.2 Å². The van der Waals surface area contributed by atoms with Crippen molar-refractivity contribution in [3.63, 3.8) is 0 Å². The largest absolute Gasteiger partial charge is 0.493 e. The Morgan fingerprint density at radius 1 is 0.897 bits per heavy atom. The third-order valence-electron chi connectivity index (χ3n) is 5.89.